The number of nitrogens with zero attached hydrogens (tertiary/aromatic N) is 6. The van der Waals surface area contributed by atoms with Crippen molar-refractivity contribution in [2.75, 3.05) is 0 Å². The van der Waals surface area contributed by atoms with Gasteiger partial charge in [0.15, 0.2) is 23.3 Å². The number of aromatic nitrogens is 6. The Kier molecular flexibility index (Phi) is 10.5. The Hall–Kier alpha value is -3.52. The summed E-state index contributed by atoms with van der Waals surface area (Å²) in [6.07, 6.45) is 4.33. The maximum Gasteiger partial charge on any atom is 1.00 e. The Bertz CT molecular complexity index is 1890. The van der Waals surface area contributed by atoms with Gasteiger partial charge in [-0.1, -0.05) is 23.2 Å². The maximum atomic E-state index is 12.6. The molecule has 15 heteroatoms. The van der Waals surface area contributed by atoms with Crippen LogP contribution in [0.15, 0.2) is 59.9 Å². The third-order valence-corrected chi connectivity index (χ3v) is 10.6. The Labute approximate surface area is 322 Å². The fourth-order valence-corrected chi connectivity index (χ4v) is 6.95. The predicted molar refractivity (Wildman–Crippen MR) is 186 cm³/mol. The van der Waals surface area contributed by atoms with E-state index in [9.17, 15) is 14.7 Å². The van der Waals surface area contributed by atoms with Crippen LogP contribution in [0.4, 0.5) is 0 Å². The Morgan fingerprint density at radius 1 is 0.720 bits per heavy atom. The summed E-state index contributed by atoms with van der Waals surface area (Å²) in [7, 11) is 3.53. The second-order valence-electron chi connectivity index (χ2n) is 13.4. The first kappa shape index (κ1) is 37.7. The number of hydrogen-bond donors (Lipinski definition) is 3. The van der Waals surface area contributed by atoms with Crippen LogP contribution >= 0.6 is 23.2 Å². The number of amides is 2. The Morgan fingerprint density at radius 2 is 1.10 bits per heavy atom. The van der Waals surface area contributed by atoms with Gasteiger partial charge in [-0.2, -0.15) is 10.2 Å². The topological polar surface area (TPSA) is 170 Å². The third kappa shape index (κ3) is 6.65. The summed E-state index contributed by atoms with van der Waals surface area (Å²) in [5.41, 5.74) is 2.65. The average Bonchev–Trinajstić information content (AvgIpc) is 3.97. The molecule has 2 fully saturated rings. The van der Waals surface area contributed by atoms with Crippen LogP contribution < -0.4 is 40.2 Å². The largest absolute Gasteiger partial charge is 1.00 e. The first-order valence-electron chi connectivity index (χ1n) is 15.9. The molecule has 4 aliphatic rings. The number of hydrogen-bond acceptors (Lipinski definition) is 8. The van der Waals surface area contributed by atoms with Crippen molar-refractivity contribution in [3.63, 3.8) is 0 Å². The van der Waals surface area contributed by atoms with Gasteiger partial charge in [-0.25, -0.2) is 19.3 Å². The van der Waals surface area contributed by atoms with Crippen molar-refractivity contribution in [2.24, 2.45) is 25.9 Å². The molecule has 50 heavy (non-hydrogen) atoms. The van der Waals surface area contributed by atoms with Gasteiger partial charge >= 0.3 is 29.6 Å². The number of aliphatic hydroxyl groups is 1. The van der Waals surface area contributed by atoms with E-state index >= 15 is 0 Å². The monoisotopic (exact) mass is 726 g/mol. The number of aryl methyl sites for hydroxylation is 2. The molecule has 2 aliphatic carbocycles. The molecule has 4 N–H and O–H groups in total. The number of carbonyl (C=O) groups excluding carboxylic acids is 2. The molecule has 2 aliphatic heterocycles. The molecular formula is C35H37Cl2N8NaO4. The van der Waals surface area contributed by atoms with Gasteiger partial charge in [-0.3, -0.25) is 9.59 Å². The fourth-order valence-electron chi connectivity index (χ4n) is 6.70. The molecule has 0 spiro atoms. The molecule has 2 saturated carbocycles. The van der Waals surface area contributed by atoms with Crippen LogP contribution in [0.5, 0.6) is 0 Å². The molecule has 2 atom stereocenters. The van der Waals surface area contributed by atoms with Gasteiger partial charge in [0.1, 0.15) is 11.3 Å². The van der Waals surface area contributed by atoms with E-state index < -0.39 is 5.54 Å². The van der Waals surface area contributed by atoms with E-state index in [1.807, 2.05) is 57.3 Å². The summed E-state index contributed by atoms with van der Waals surface area (Å²) in [6.45, 7) is 6.00. The molecule has 0 saturated heterocycles. The second kappa shape index (κ2) is 13.9. The number of benzene rings is 2. The van der Waals surface area contributed by atoms with E-state index in [0.717, 1.165) is 42.4 Å². The van der Waals surface area contributed by atoms with Crippen molar-refractivity contribution < 1.29 is 49.7 Å². The van der Waals surface area contributed by atoms with Crippen LogP contribution in [0.3, 0.4) is 0 Å². The SMILES string of the molecule is CC1=C(c2nc(-c3ccc(Cl)cc3)nn2C)C(=O)NC1(C)C1CC1.Cn1nc(-c2ccc(Cl)cc2)nc1C1=C(O)C(C)(C2CC2)NC1=O.[Na+].[OH-]. The van der Waals surface area contributed by atoms with Crippen LogP contribution in [0.1, 0.15) is 58.1 Å². The van der Waals surface area contributed by atoms with E-state index in [1.54, 1.807) is 23.9 Å². The Balaban J connectivity index is 0.000000187. The minimum Gasteiger partial charge on any atom is -0.870 e. The molecule has 12 nitrogen and oxygen atoms in total. The number of aliphatic hydroxyl groups excluding tert-OH is 1. The molecular weight excluding hydrogens is 690 g/mol. The van der Waals surface area contributed by atoms with Crippen LogP contribution in [0, 0.1) is 11.8 Å². The standard InChI is InChI=1S/C18H19ClN4O.C17H17ClN4O2.Na.H2O/c1-10-14(17(24)21-18(10,2)12-6-7-12)16-20-15(22-23(16)3)11-4-8-13(19)9-5-11;1-17(10-5-6-10)13(23)12(16(24)20-17)15-19-14(21-22(15)2)9-3-7-11(18)8-4-9;;/h4-5,8-9,12H,6-7H2,1-3H3,(H,21,24);3-4,7-8,10,23H,5-6H2,1-2H3,(H,20,24);;1H2/q;;+1;/p-1. The summed E-state index contributed by atoms with van der Waals surface area (Å²) >= 11 is 11.8. The number of carbonyl (C=O) groups is 2. The number of halogens is 2. The third-order valence-electron chi connectivity index (χ3n) is 10.0. The molecule has 0 radical (unpaired) electrons. The second-order valence-corrected chi connectivity index (χ2v) is 14.2. The maximum absolute atomic E-state index is 12.6. The minimum absolute atomic E-state index is 0. The predicted octanol–water partition coefficient (Wildman–Crippen LogP) is 2.74. The first-order chi connectivity index (χ1) is 22.8. The number of rotatable bonds is 6. The van der Waals surface area contributed by atoms with Gasteiger partial charge in [0.2, 0.25) is 0 Å². The zero-order valence-corrected chi connectivity index (χ0v) is 32.3. The van der Waals surface area contributed by atoms with Gasteiger partial charge in [0, 0.05) is 35.3 Å². The fraction of sp³-hybridized carbons (Fsp3) is 0.371. The van der Waals surface area contributed by atoms with Gasteiger partial charge in [-0.15, -0.1) is 0 Å². The number of nitrogens with one attached hydrogen (secondary N) is 2. The van der Waals surface area contributed by atoms with Gasteiger partial charge in [-0.05, 0) is 112 Å². The van der Waals surface area contributed by atoms with Crippen molar-refractivity contribution in [2.45, 2.75) is 57.5 Å². The smallest absolute Gasteiger partial charge is 0.870 e. The molecule has 2 amide bonds. The first-order valence-corrected chi connectivity index (χ1v) is 16.7. The van der Waals surface area contributed by atoms with E-state index in [2.05, 4.69) is 37.7 Å². The molecule has 0 bridgehead atoms. The zero-order chi connectivity index (χ0) is 34.1. The van der Waals surface area contributed by atoms with Crippen molar-refractivity contribution >= 4 is 46.2 Å². The van der Waals surface area contributed by atoms with Crippen molar-refractivity contribution in [1.82, 2.24) is 40.2 Å². The molecule has 256 valence electrons. The summed E-state index contributed by atoms with van der Waals surface area (Å²) in [4.78, 5) is 34.2. The normalized spacial score (nSPS) is 22.8. The quantitative estimate of drug-likeness (QED) is 0.255. The van der Waals surface area contributed by atoms with Gasteiger partial charge in [0.05, 0.1) is 16.7 Å². The molecule has 2 aromatic carbocycles. The molecule has 4 aromatic rings. The van der Waals surface area contributed by atoms with Gasteiger partial charge in [0.25, 0.3) is 11.8 Å². The van der Waals surface area contributed by atoms with Crippen LogP contribution in [-0.4, -0.2) is 63.0 Å². The van der Waals surface area contributed by atoms with E-state index in [1.165, 1.54) is 4.68 Å². The van der Waals surface area contributed by atoms with E-state index in [-0.39, 0.29) is 69.6 Å². The van der Waals surface area contributed by atoms with Crippen molar-refractivity contribution in [3.05, 3.63) is 81.6 Å². The van der Waals surface area contributed by atoms with E-state index in [0.29, 0.717) is 44.8 Å². The summed E-state index contributed by atoms with van der Waals surface area (Å²) in [6, 6.07) is 14.5. The Morgan fingerprint density at radius 3 is 1.54 bits per heavy atom. The summed E-state index contributed by atoms with van der Waals surface area (Å²) in [5, 5.41) is 26.9. The van der Waals surface area contributed by atoms with Crippen molar-refractivity contribution in [3.8, 4) is 22.8 Å². The zero-order valence-electron chi connectivity index (χ0n) is 28.8. The minimum atomic E-state index is -0.696. The van der Waals surface area contributed by atoms with Crippen LogP contribution in [0.2, 0.25) is 10.0 Å². The van der Waals surface area contributed by atoms with E-state index in [4.69, 9.17) is 23.2 Å². The average molecular weight is 728 g/mol. The summed E-state index contributed by atoms with van der Waals surface area (Å²) < 4.78 is 3.20. The van der Waals surface area contributed by atoms with Crippen LogP contribution in [-0.2, 0) is 23.7 Å². The molecule has 2 aromatic heterocycles. The van der Waals surface area contributed by atoms with Crippen LogP contribution in [0.25, 0.3) is 33.9 Å². The van der Waals surface area contributed by atoms with Crippen molar-refractivity contribution in [1.29, 1.82) is 0 Å². The molecule has 8 rings (SSSR count). The van der Waals surface area contributed by atoms with Gasteiger partial charge < -0.3 is 21.2 Å². The molecule has 4 heterocycles. The summed E-state index contributed by atoms with van der Waals surface area (Å²) in [5.74, 6) is 2.56. The molecule has 2 unspecified atom stereocenters.